The lowest BCUT2D eigenvalue weighted by molar-refractivity contribution is 0.206. The Kier molecular flexibility index (Phi) is 6.75. The van der Waals surface area contributed by atoms with E-state index >= 15 is 0 Å². The summed E-state index contributed by atoms with van der Waals surface area (Å²) in [5.74, 6) is 1.26. The van der Waals surface area contributed by atoms with Crippen molar-refractivity contribution in [2.45, 2.75) is 6.04 Å². The number of nitrogens with one attached hydrogen (secondary N) is 1. The number of aryl methyl sites for hydroxylation is 1. The number of benzene rings is 1. The van der Waals surface area contributed by atoms with Crippen LogP contribution in [0.15, 0.2) is 53.6 Å². The Morgan fingerprint density at radius 2 is 1.94 bits per heavy atom. The van der Waals surface area contributed by atoms with Gasteiger partial charge in [0.25, 0.3) is 5.56 Å². The van der Waals surface area contributed by atoms with Gasteiger partial charge in [-0.25, -0.2) is 9.97 Å². The average molecular weight is 487 g/mol. The summed E-state index contributed by atoms with van der Waals surface area (Å²) in [6, 6.07) is 9.69. The first-order valence-corrected chi connectivity index (χ1v) is 10.7. The van der Waals surface area contributed by atoms with Gasteiger partial charge in [-0.15, -0.1) is 0 Å². The molecule has 0 saturated carbocycles. The molecule has 0 aliphatic rings. The first-order chi connectivity index (χ1) is 15.9. The number of anilines is 2. The van der Waals surface area contributed by atoms with Crippen LogP contribution in [0.1, 0.15) is 0 Å². The molecule has 0 fully saturated rings. The number of nitrogens with two attached hydrogens (primary N) is 1. The van der Waals surface area contributed by atoms with Crippen molar-refractivity contribution in [2.24, 2.45) is 12.8 Å². The van der Waals surface area contributed by atoms with E-state index in [2.05, 4.69) is 20.3 Å². The van der Waals surface area contributed by atoms with Crippen LogP contribution in [0.25, 0.3) is 22.2 Å². The van der Waals surface area contributed by atoms with E-state index in [0.29, 0.717) is 43.8 Å². The minimum absolute atomic E-state index is 0.165. The zero-order valence-electron chi connectivity index (χ0n) is 17.5. The maximum Gasteiger partial charge on any atom is 0.259 e. The molecular formula is C22H20Cl2N6O3. The Morgan fingerprint density at radius 3 is 2.61 bits per heavy atom. The van der Waals surface area contributed by atoms with Crippen LogP contribution in [0.2, 0.25) is 10.0 Å². The minimum atomic E-state index is -0.463. The number of fused-ring (bicyclic) bond motifs is 1. The van der Waals surface area contributed by atoms with E-state index < -0.39 is 6.04 Å². The molecular weight excluding hydrogens is 467 g/mol. The lowest BCUT2D eigenvalue weighted by Gasteiger charge is -2.12. The standard InChI is InChI=1S/C22H20Cl2N6O3/c1-30-20-12(7-15(21(30)32)19-16(23)3-2-4-17(19)24)8-27-22(29-20)28-18-6-5-14(9-26-18)33-11-13(25)10-31/h2-9,13,31H,10-11,25H2,1H3,(H,26,27,28,29). The van der Waals surface area contributed by atoms with Gasteiger partial charge in [0.05, 0.1) is 34.5 Å². The van der Waals surface area contributed by atoms with E-state index in [1.54, 1.807) is 49.6 Å². The second-order valence-electron chi connectivity index (χ2n) is 7.25. The molecule has 0 spiro atoms. The molecule has 4 rings (SSSR count). The van der Waals surface area contributed by atoms with Crippen molar-refractivity contribution >= 4 is 46.0 Å². The van der Waals surface area contributed by atoms with E-state index in [9.17, 15) is 4.79 Å². The Morgan fingerprint density at radius 1 is 1.18 bits per heavy atom. The highest BCUT2D eigenvalue weighted by atomic mass is 35.5. The van der Waals surface area contributed by atoms with Crippen molar-refractivity contribution < 1.29 is 9.84 Å². The summed E-state index contributed by atoms with van der Waals surface area (Å²) in [6.07, 6.45) is 3.12. The average Bonchev–Trinajstić information content (AvgIpc) is 2.81. The maximum atomic E-state index is 13.0. The first-order valence-electron chi connectivity index (χ1n) is 9.91. The normalized spacial score (nSPS) is 12.0. The van der Waals surface area contributed by atoms with Crippen molar-refractivity contribution in [1.82, 2.24) is 19.5 Å². The molecule has 0 bridgehead atoms. The molecule has 0 aliphatic heterocycles. The fourth-order valence-electron chi connectivity index (χ4n) is 3.15. The lowest BCUT2D eigenvalue weighted by atomic mass is 10.1. The number of pyridine rings is 2. The summed E-state index contributed by atoms with van der Waals surface area (Å²) in [5, 5.41) is 13.4. The second-order valence-corrected chi connectivity index (χ2v) is 8.06. The summed E-state index contributed by atoms with van der Waals surface area (Å²) in [6.45, 7) is 0.00988. The van der Waals surface area contributed by atoms with Gasteiger partial charge in [-0.05, 0) is 30.3 Å². The van der Waals surface area contributed by atoms with Crippen molar-refractivity contribution in [1.29, 1.82) is 0 Å². The van der Waals surface area contributed by atoms with E-state index in [0.717, 1.165) is 0 Å². The van der Waals surface area contributed by atoms with Crippen LogP contribution in [0.4, 0.5) is 11.8 Å². The second kappa shape index (κ2) is 9.72. The highest BCUT2D eigenvalue weighted by Gasteiger charge is 2.16. The number of halogens is 2. The molecule has 0 saturated heterocycles. The number of ether oxygens (including phenoxy) is 1. The molecule has 1 atom stereocenters. The fraction of sp³-hybridized carbons (Fsp3) is 0.182. The third kappa shape index (κ3) is 4.91. The molecule has 11 heteroatoms. The van der Waals surface area contributed by atoms with E-state index in [-0.39, 0.29) is 24.7 Å². The minimum Gasteiger partial charge on any atom is -0.490 e. The van der Waals surface area contributed by atoms with Crippen molar-refractivity contribution in [2.75, 3.05) is 18.5 Å². The van der Waals surface area contributed by atoms with Crippen LogP contribution in [-0.2, 0) is 7.05 Å². The van der Waals surface area contributed by atoms with Crippen molar-refractivity contribution in [3.63, 3.8) is 0 Å². The van der Waals surface area contributed by atoms with E-state index in [1.807, 2.05) is 0 Å². The molecule has 3 aromatic heterocycles. The number of aromatic nitrogens is 4. The summed E-state index contributed by atoms with van der Waals surface area (Å²) in [4.78, 5) is 26.1. The predicted molar refractivity (Wildman–Crippen MR) is 128 cm³/mol. The van der Waals surface area contributed by atoms with Gasteiger partial charge in [-0.3, -0.25) is 9.36 Å². The Hall–Kier alpha value is -3.24. The number of hydrogen-bond donors (Lipinski definition) is 3. The third-order valence-electron chi connectivity index (χ3n) is 4.86. The maximum absolute atomic E-state index is 13.0. The Balaban J connectivity index is 1.61. The van der Waals surface area contributed by atoms with Crippen LogP contribution < -0.4 is 21.3 Å². The van der Waals surface area contributed by atoms with Crippen LogP contribution in [0.3, 0.4) is 0 Å². The largest absolute Gasteiger partial charge is 0.490 e. The molecule has 170 valence electrons. The predicted octanol–water partition coefficient (Wildman–Crippen LogP) is 3.14. The number of hydrogen-bond acceptors (Lipinski definition) is 8. The Labute approximate surface area is 198 Å². The monoisotopic (exact) mass is 486 g/mol. The highest BCUT2D eigenvalue weighted by Crippen LogP contribution is 2.33. The van der Waals surface area contributed by atoms with Gasteiger partial charge in [0, 0.05) is 24.2 Å². The molecule has 33 heavy (non-hydrogen) atoms. The van der Waals surface area contributed by atoms with E-state index in [1.165, 1.54) is 10.8 Å². The quantitative estimate of drug-likeness (QED) is 0.363. The van der Waals surface area contributed by atoms with Gasteiger partial charge < -0.3 is 20.9 Å². The van der Waals surface area contributed by atoms with Gasteiger partial charge in [-0.1, -0.05) is 29.3 Å². The molecule has 0 amide bonds. The van der Waals surface area contributed by atoms with Gasteiger partial charge >= 0.3 is 0 Å². The molecule has 1 unspecified atom stereocenters. The third-order valence-corrected chi connectivity index (χ3v) is 5.49. The molecule has 3 heterocycles. The van der Waals surface area contributed by atoms with Crippen molar-refractivity contribution in [3.05, 3.63) is 69.2 Å². The molecule has 4 N–H and O–H groups in total. The molecule has 0 aliphatic carbocycles. The molecule has 1 aromatic carbocycles. The fourth-order valence-corrected chi connectivity index (χ4v) is 3.75. The smallest absolute Gasteiger partial charge is 0.259 e. The summed E-state index contributed by atoms with van der Waals surface area (Å²) < 4.78 is 6.87. The van der Waals surface area contributed by atoms with Crippen LogP contribution in [0.5, 0.6) is 5.75 Å². The summed E-state index contributed by atoms with van der Waals surface area (Å²) >= 11 is 12.6. The SMILES string of the molecule is Cn1c(=O)c(-c2c(Cl)cccc2Cl)cc2cnc(Nc3ccc(OCC(N)CO)cn3)nc21. The molecule has 9 nitrogen and oxygen atoms in total. The number of aliphatic hydroxyl groups excluding tert-OH is 1. The topological polar surface area (TPSA) is 128 Å². The van der Waals surface area contributed by atoms with Gasteiger partial charge in [0.1, 0.15) is 23.8 Å². The highest BCUT2D eigenvalue weighted by molar-refractivity contribution is 6.39. The van der Waals surface area contributed by atoms with Crippen molar-refractivity contribution in [3.8, 4) is 16.9 Å². The van der Waals surface area contributed by atoms with E-state index in [4.69, 9.17) is 38.8 Å². The van der Waals surface area contributed by atoms with Gasteiger partial charge in [0.15, 0.2) is 0 Å². The first kappa shape index (κ1) is 22.9. The zero-order valence-corrected chi connectivity index (χ0v) is 19.0. The van der Waals surface area contributed by atoms with Crippen LogP contribution in [0, 0.1) is 0 Å². The molecule has 4 aromatic rings. The Bertz CT molecular complexity index is 1340. The van der Waals surface area contributed by atoms with Gasteiger partial charge in [-0.2, -0.15) is 4.98 Å². The number of aliphatic hydroxyl groups is 1. The van der Waals surface area contributed by atoms with Crippen LogP contribution >= 0.6 is 23.2 Å². The number of rotatable bonds is 7. The lowest BCUT2D eigenvalue weighted by Crippen LogP contribution is -2.31. The summed E-state index contributed by atoms with van der Waals surface area (Å²) in [7, 11) is 1.62. The zero-order chi connectivity index (χ0) is 23.5. The number of nitrogens with zero attached hydrogens (tertiary/aromatic N) is 4. The van der Waals surface area contributed by atoms with Crippen LogP contribution in [-0.4, -0.2) is 43.9 Å². The van der Waals surface area contributed by atoms with Gasteiger partial charge in [0.2, 0.25) is 5.95 Å². The molecule has 0 radical (unpaired) electrons. The summed E-state index contributed by atoms with van der Waals surface area (Å²) in [5.41, 5.74) is 6.59.